The highest BCUT2D eigenvalue weighted by molar-refractivity contribution is 5.85. The minimum Gasteiger partial charge on any atom is -0.322 e. The van der Waals surface area contributed by atoms with Gasteiger partial charge in [0.1, 0.15) is 12.5 Å². The van der Waals surface area contributed by atoms with Gasteiger partial charge in [0, 0.05) is 5.56 Å². The molecule has 92 valence electrons. The summed E-state index contributed by atoms with van der Waals surface area (Å²) in [5.74, 6) is -0.937. The molecule has 0 heterocycles. The maximum Gasteiger partial charge on any atom is 0.416 e. The molecule has 7 heteroatoms. The lowest BCUT2D eigenvalue weighted by atomic mass is 10.0. The normalized spacial score (nSPS) is 13.1. The van der Waals surface area contributed by atoms with Gasteiger partial charge in [0.2, 0.25) is 0 Å². The number of hydrogen-bond acceptors (Lipinski definition) is 1. The van der Waals surface area contributed by atoms with Gasteiger partial charge in [-0.25, -0.2) is 8.78 Å². The fourth-order valence-electron chi connectivity index (χ4n) is 1.09. The molecule has 1 aromatic carbocycles. The van der Waals surface area contributed by atoms with Crippen molar-refractivity contribution in [3.8, 4) is 0 Å². The van der Waals surface area contributed by atoms with Gasteiger partial charge in [0.15, 0.2) is 0 Å². The Morgan fingerprint density at radius 2 is 1.81 bits per heavy atom. The number of nitrogens with two attached hydrogens (primary N) is 1. The third kappa shape index (κ3) is 3.31. The molecular weight excluding hydrogens is 253 g/mol. The van der Waals surface area contributed by atoms with Crippen molar-refractivity contribution in [2.45, 2.75) is 12.2 Å². The molecule has 1 aromatic rings. The van der Waals surface area contributed by atoms with Crippen LogP contribution in [0.15, 0.2) is 18.2 Å². The summed E-state index contributed by atoms with van der Waals surface area (Å²) in [7, 11) is 0. The number of benzene rings is 1. The summed E-state index contributed by atoms with van der Waals surface area (Å²) in [6.07, 6.45) is -4.58. The van der Waals surface area contributed by atoms with Crippen LogP contribution in [0.25, 0.3) is 0 Å². The summed E-state index contributed by atoms with van der Waals surface area (Å²) in [4.78, 5) is 0. The molecule has 0 unspecified atom stereocenters. The van der Waals surface area contributed by atoms with Crippen LogP contribution >= 0.6 is 12.4 Å². The standard InChI is InChI=1S/C9H8F5N.ClH/c10-4-8(15)6-3-5(9(12,13)14)1-2-7(6)11;/h1-3,8H,4,15H2;1H/t8-;/m1./s1. The Labute approximate surface area is 94.8 Å². The molecule has 0 fully saturated rings. The van der Waals surface area contributed by atoms with Crippen molar-refractivity contribution in [3.05, 3.63) is 35.1 Å². The lowest BCUT2D eigenvalue weighted by Gasteiger charge is -2.12. The van der Waals surface area contributed by atoms with E-state index >= 15 is 0 Å². The number of rotatable bonds is 2. The fraction of sp³-hybridized carbons (Fsp3) is 0.333. The minimum absolute atomic E-state index is 0. The first kappa shape index (κ1) is 15.1. The molecular formula is C9H9ClF5N. The fourth-order valence-corrected chi connectivity index (χ4v) is 1.09. The molecule has 0 aliphatic heterocycles. The summed E-state index contributed by atoms with van der Waals surface area (Å²) in [6.45, 7) is -1.11. The van der Waals surface area contributed by atoms with Gasteiger partial charge in [0.05, 0.1) is 11.6 Å². The van der Waals surface area contributed by atoms with Gasteiger partial charge in [-0.15, -0.1) is 12.4 Å². The van der Waals surface area contributed by atoms with E-state index in [4.69, 9.17) is 5.73 Å². The molecule has 0 aliphatic carbocycles. The highest BCUT2D eigenvalue weighted by atomic mass is 35.5. The van der Waals surface area contributed by atoms with Crippen molar-refractivity contribution in [3.63, 3.8) is 0 Å². The summed E-state index contributed by atoms with van der Waals surface area (Å²) >= 11 is 0. The van der Waals surface area contributed by atoms with Gasteiger partial charge in [0.25, 0.3) is 0 Å². The molecule has 0 amide bonds. The largest absolute Gasteiger partial charge is 0.416 e. The maximum atomic E-state index is 13.0. The van der Waals surface area contributed by atoms with E-state index in [9.17, 15) is 22.0 Å². The van der Waals surface area contributed by atoms with Gasteiger partial charge >= 0.3 is 6.18 Å². The SMILES string of the molecule is Cl.N[C@H](CF)c1cc(C(F)(F)F)ccc1F. The molecule has 0 bridgehead atoms. The topological polar surface area (TPSA) is 26.0 Å². The van der Waals surface area contributed by atoms with Crippen molar-refractivity contribution < 1.29 is 22.0 Å². The lowest BCUT2D eigenvalue weighted by molar-refractivity contribution is -0.137. The van der Waals surface area contributed by atoms with Crippen molar-refractivity contribution in [2.75, 3.05) is 6.67 Å². The molecule has 1 nitrogen and oxygen atoms in total. The molecule has 0 aliphatic rings. The van der Waals surface area contributed by atoms with Gasteiger partial charge < -0.3 is 5.73 Å². The monoisotopic (exact) mass is 261 g/mol. The Morgan fingerprint density at radius 3 is 2.25 bits per heavy atom. The molecule has 0 aromatic heterocycles. The predicted molar refractivity (Wildman–Crippen MR) is 51.6 cm³/mol. The second kappa shape index (κ2) is 5.45. The molecule has 0 spiro atoms. The van der Waals surface area contributed by atoms with Crippen LogP contribution in [0.3, 0.4) is 0 Å². The third-order valence-electron chi connectivity index (χ3n) is 1.89. The zero-order valence-corrected chi connectivity index (χ0v) is 8.71. The Bertz CT molecular complexity index is 352. The van der Waals surface area contributed by atoms with E-state index in [-0.39, 0.29) is 12.4 Å². The Kier molecular flexibility index (Phi) is 5.15. The summed E-state index contributed by atoms with van der Waals surface area (Å²) in [6, 6.07) is 0.379. The molecule has 0 saturated heterocycles. The Morgan fingerprint density at radius 1 is 1.25 bits per heavy atom. The first-order chi connectivity index (χ1) is 6.86. The molecule has 0 saturated carbocycles. The maximum absolute atomic E-state index is 13.0. The van der Waals surface area contributed by atoms with Gasteiger partial charge in [-0.05, 0) is 18.2 Å². The Balaban J connectivity index is 0.00000225. The lowest BCUT2D eigenvalue weighted by Crippen LogP contribution is -2.16. The molecule has 1 rings (SSSR count). The first-order valence-corrected chi connectivity index (χ1v) is 4.04. The highest BCUT2D eigenvalue weighted by Crippen LogP contribution is 2.31. The highest BCUT2D eigenvalue weighted by Gasteiger charge is 2.31. The number of hydrogen-bond donors (Lipinski definition) is 1. The van der Waals surface area contributed by atoms with Crippen LogP contribution in [0.1, 0.15) is 17.2 Å². The van der Waals surface area contributed by atoms with E-state index in [2.05, 4.69) is 0 Å². The van der Waals surface area contributed by atoms with E-state index in [1.165, 1.54) is 0 Å². The van der Waals surface area contributed by atoms with Crippen LogP contribution in [-0.4, -0.2) is 6.67 Å². The molecule has 0 radical (unpaired) electrons. The number of alkyl halides is 4. The zero-order valence-electron chi connectivity index (χ0n) is 7.89. The van der Waals surface area contributed by atoms with E-state index in [1.54, 1.807) is 0 Å². The van der Waals surface area contributed by atoms with Gasteiger partial charge in [-0.1, -0.05) is 0 Å². The van der Waals surface area contributed by atoms with Crippen LogP contribution in [0.4, 0.5) is 22.0 Å². The second-order valence-corrected chi connectivity index (χ2v) is 2.99. The number of halogens is 6. The quantitative estimate of drug-likeness (QED) is 0.813. The van der Waals surface area contributed by atoms with Gasteiger partial charge in [-0.2, -0.15) is 13.2 Å². The smallest absolute Gasteiger partial charge is 0.322 e. The zero-order chi connectivity index (χ0) is 11.6. The van der Waals surface area contributed by atoms with Crippen LogP contribution < -0.4 is 5.73 Å². The van der Waals surface area contributed by atoms with E-state index < -0.39 is 35.8 Å². The second-order valence-electron chi connectivity index (χ2n) is 2.99. The van der Waals surface area contributed by atoms with Crippen molar-refractivity contribution in [1.82, 2.24) is 0 Å². The first-order valence-electron chi connectivity index (χ1n) is 4.04. The van der Waals surface area contributed by atoms with Crippen LogP contribution in [0.2, 0.25) is 0 Å². The average Bonchev–Trinajstić information content (AvgIpc) is 2.15. The van der Waals surface area contributed by atoms with Gasteiger partial charge in [-0.3, -0.25) is 0 Å². The van der Waals surface area contributed by atoms with Crippen molar-refractivity contribution in [2.24, 2.45) is 5.73 Å². The van der Waals surface area contributed by atoms with Crippen LogP contribution in [-0.2, 0) is 6.18 Å². The van der Waals surface area contributed by atoms with E-state index in [0.717, 1.165) is 0 Å². The Hall–Kier alpha value is -0.880. The molecule has 1 atom stereocenters. The summed E-state index contributed by atoms with van der Waals surface area (Å²) in [5, 5.41) is 0. The predicted octanol–water partition coefficient (Wildman–Crippen LogP) is 3.24. The minimum atomic E-state index is -4.58. The van der Waals surface area contributed by atoms with E-state index in [1.807, 2.05) is 0 Å². The van der Waals surface area contributed by atoms with Crippen LogP contribution in [0.5, 0.6) is 0 Å². The van der Waals surface area contributed by atoms with Crippen molar-refractivity contribution in [1.29, 1.82) is 0 Å². The average molecular weight is 262 g/mol. The summed E-state index contributed by atoms with van der Waals surface area (Å²) < 4.78 is 61.7. The third-order valence-corrected chi connectivity index (χ3v) is 1.89. The molecule has 16 heavy (non-hydrogen) atoms. The van der Waals surface area contributed by atoms with Crippen molar-refractivity contribution >= 4 is 12.4 Å². The summed E-state index contributed by atoms with van der Waals surface area (Å²) in [5.41, 5.74) is 3.62. The van der Waals surface area contributed by atoms with E-state index in [0.29, 0.717) is 18.2 Å². The molecule has 2 N–H and O–H groups in total. The van der Waals surface area contributed by atoms with Crippen LogP contribution in [0, 0.1) is 5.82 Å².